The van der Waals surface area contributed by atoms with Crippen LogP contribution in [0.15, 0.2) is 12.7 Å². The van der Waals surface area contributed by atoms with Crippen molar-refractivity contribution in [2.24, 2.45) is 0 Å². The van der Waals surface area contributed by atoms with Gasteiger partial charge in [0.05, 0.1) is 6.61 Å². The van der Waals surface area contributed by atoms with Crippen LogP contribution in [0.4, 0.5) is 0 Å². The summed E-state index contributed by atoms with van der Waals surface area (Å²) in [7, 11) is 0. The van der Waals surface area contributed by atoms with Gasteiger partial charge in [-0.2, -0.15) is 0 Å². The molecule has 0 aromatic carbocycles. The van der Waals surface area contributed by atoms with Crippen LogP contribution in [0.1, 0.15) is 0 Å². The van der Waals surface area contributed by atoms with Crippen molar-refractivity contribution in [1.29, 1.82) is 0 Å². The molecule has 0 aliphatic heterocycles. The second-order valence-electron chi connectivity index (χ2n) is 1.79. The lowest BCUT2D eigenvalue weighted by molar-refractivity contribution is -0.142. The zero-order valence-electron chi connectivity index (χ0n) is 5.78. The van der Waals surface area contributed by atoms with Crippen molar-refractivity contribution >= 4 is 11.9 Å². The Morgan fingerprint density at radius 2 is 2.18 bits per heavy atom. The Labute approximate surface area is 63.3 Å². The lowest BCUT2D eigenvalue weighted by Gasteiger charge is -2.08. The lowest BCUT2D eigenvalue weighted by atomic mass is 10.3. The van der Waals surface area contributed by atoms with Crippen molar-refractivity contribution in [3.8, 4) is 0 Å². The Morgan fingerprint density at radius 3 is 2.45 bits per heavy atom. The summed E-state index contributed by atoms with van der Waals surface area (Å²) in [5.41, 5.74) is 0. The minimum Gasteiger partial charge on any atom is -0.480 e. The predicted octanol–water partition coefficient (Wildman–Crippen LogP) is -1.27. The van der Waals surface area contributed by atoms with Gasteiger partial charge in [0.25, 0.3) is 0 Å². The Kier molecular flexibility index (Phi) is 3.90. The van der Waals surface area contributed by atoms with Crippen molar-refractivity contribution in [3.05, 3.63) is 12.7 Å². The van der Waals surface area contributed by atoms with Gasteiger partial charge in [0, 0.05) is 0 Å². The normalized spacial score (nSPS) is 11.7. The van der Waals surface area contributed by atoms with Crippen LogP contribution in [0, 0.1) is 0 Å². The average molecular weight is 159 g/mol. The number of hydrogen-bond acceptors (Lipinski definition) is 3. The van der Waals surface area contributed by atoms with Gasteiger partial charge in [-0.25, -0.2) is 4.79 Å². The van der Waals surface area contributed by atoms with Crippen LogP contribution in [0.3, 0.4) is 0 Å². The van der Waals surface area contributed by atoms with Crippen LogP contribution in [0.25, 0.3) is 0 Å². The van der Waals surface area contributed by atoms with E-state index in [1.807, 2.05) is 5.32 Å². The Hall–Kier alpha value is -1.36. The van der Waals surface area contributed by atoms with E-state index < -0.39 is 24.5 Å². The molecule has 5 heteroatoms. The number of aliphatic carboxylic acids is 1. The van der Waals surface area contributed by atoms with Crippen molar-refractivity contribution in [3.63, 3.8) is 0 Å². The van der Waals surface area contributed by atoms with Crippen molar-refractivity contribution in [1.82, 2.24) is 5.32 Å². The van der Waals surface area contributed by atoms with Crippen LogP contribution in [0.2, 0.25) is 0 Å². The van der Waals surface area contributed by atoms with E-state index in [0.717, 1.165) is 6.08 Å². The second kappa shape index (κ2) is 4.45. The van der Waals surface area contributed by atoms with Crippen LogP contribution in [0.5, 0.6) is 0 Å². The molecule has 11 heavy (non-hydrogen) atoms. The Morgan fingerprint density at radius 1 is 1.64 bits per heavy atom. The van der Waals surface area contributed by atoms with Gasteiger partial charge in [-0.05, 0) is 6.08 Å². The molecule has 5 nitrogen and oxygen atoms in total. The summed E-state index contributed by atoms with van der Waals surface area (Å²) < 4.78 is 0. The summed E-state index contributed by atoms with van der Waals surface area (Å²) in [6, 6.07) is -1.25. The zero-order valence-corrected chi connectivity index (χ0v) is 5.78. The number of carboxylic acids is 1. The molecule has 0 aromatic rings. The third-order valence-corrected chi connectivity index (χ3v) is 0.983. The van der Waals surface area contributed by atoms with E-state index in [1.165, 1.54) is 0 Å². The number of carbonyl (C=O) groups excluding carboxylic acids is 1. The first-order valence-electron chi connectivity index (χ1n) is 2.88. The molecule has 0 unspecified atom stereocenters. The highest BCUT2D eigenvalue weighted by atomic mass is 16.4. The van der Waals surface area contributed by atoms with Crippen LogP contribution in [-0.2, 0) is 9.59 Å². The maximum Gasteiger partial charge on any atom is 0.328 e. The summed E-state index contributed by atoms with van der Waals surface area (Å²) >= 11 is 0. The summed E-state index contributed by atoms with van der Waals surface area (Å²) in [6.45, 7) is 2.49. The van der Waals surface area contributed by atoms with E-state index in [9.17, 15) is 9.59 Å². The topological polar surface area (TPSA) is 86.6 Å². The molecule has 0 radical (unpaired) electrons. The Bertz CT molecular complexity index is 177. The monoisotopic (exact) mass is 159 g/mol. The second-order valence-corrected chi connectivity index (χ2v) is 1.79. The Balaban J connectivity index is 3.97. The lowest BCUT2D eigenvalue weighted by Crippen LogP contribution is -2.42. The molecule has 1 amide bonds. The summed E-state index contributed by atoms with van der Waals surface area (Å²) in [6.07, 6.45) is 0.936. The number of hydrogen-bond donors (Lipinski definition) is 3. The summed E-state index contributed by atoms with van der Waals surface area (Å²) in [5.74, 6) is -1.89. The quantitative estimate of drug-likeness (QED) is 0.446. The van der Waals surface area contributed by atoms with Crippen molar-refractivity contribution in [2.75, 3.05) is 6.61 Å². The maximum atomic E-state index is 10.5. The first kappa shape index (κ1) is 9.64. The SMILES string of the molecule is C=CC(=O)N[C@H](CO)C(=O)O. The number of aliphatic hydroxyl groups excluding tert-OH is 1. The molecule has 0 fully saturated rings. The molecule has 0 aromatic heterocycles. The largest absolute Gasteiger partial charge is 0.480 e. The first-order chi connectivity index (χ1) is 5.11. The highest BCUT2D eigenvalue weighted by molar-refractivity contribution is 5.90. The molecular formula is C6H9NO4. The van der Waals surface area contributed by atoms with E-state index in [1.54, 1.807) is 0 Å². The van der Waals surface area contributed by atoms with Crippen molar-refractivity contribution in [2.45, 2.75) is 6.04 Å². The molecule has 0 saturated heterocycles. The fraction of sp³-hybridized carbons (Fsp3) is 0.333. The highest BCUT2D eigenvalue weighted by Gasteiger charge is 2.16. The average Bonchev–Trinajstić information content (AvgIpc) is 1.99. The standard InChI is InChI=1S/C6H9NO4/c1-2-5(9)7-4(3-8)6(10)11/h2,4,8H,1,3H2,(H,7,9)(H,10,11)/t4-/m1/s1. The molecule has 0 spiro atoms. The van der Waals surface area contributed by atoms with Crippen molar-refractivity contribution < 1.29 is 19.8 Å². The molecule has 0 bridgehead atoms. The van der Waals surface area contributed by atoms with Gasteiger partial charge in [0.1, 0.15) is 0 Å². The molecule has 62 valence electrons. The van der Waals surface area contributed by atoms with Gasteiger partial charge in [-0.3, -0.25) is 4.79 Å². The predicted molar refractivity (Wildman–Crippen MR) is 36.8 cm³/mol. The minimum atomic E-state index is -1.28. The molecule has 0 rings (SSSR count). The van der Waals surface area contributed by atoms with Crippen LogP contribution in [-0.4, -0.2) is 34.7 Å². The van der Waals surface area contributed by atoms with Gasteiger partial charge in [0.15, 0.2) is 6.04 Å². The van der Waals surface area contributed by atoms with E-state index in [0.29, 0.717) is 0 Å². The minimum absolute atomic E-state index is 0.619. The smallest absolute Gasteiger partial charge is 0.328 e. The fourth-order valence-corrected chi connectivity index (χ4v) is 0.416. The number of nitrogens with one attached hydrogen (secondary N) is 1. The van der Waals surface area contributed by atoms with E-state index >= 15 is 0 Å². The third-order valence-electron chi connectivity index (χ3n) is 0.983. The number of aliphatic hydroxyl groups is 1. The number of carboxylic acid groups (broad SMARTS) is 1. The van der Waals surface area contributed by atoms with Gasteiger partial charge in [0.2, 0.25) is 5.91 Å². The van der Waals surface area contributed by atoms with E-state index in [2.05, 4.69) is 6.58 Å². The van der Waals surface area contributed by atoms with Crippen LogP contribution >= 0.6 is 0 Å². The van der Waals surface area contributed by atoms with E-state index in [4.69, 9.17) is 10.2 Å². The van der Waals surface area contributed by atoms with E-state index in [-0.39, 0.29) is 0 Å². The fourth-order valence-electron chi connectivity index (χ4n) is 0.416. The summed E-state index contributed by atoms with van der Waals surface area (Å²) in [4.78, 5) is 20.7. The molecular weight excluding hydrogens is 150 g/mol. The molecule has 0 heterocycles. The maximum absolute atomic E-state index is 10.5. The molecule has 3 N–H and O–H groups in total. The molecule has 0 aliphatic rings. The molecule has 1 atom stereocenters. The zero-order chi connectivity index (χ0) is 8.85. The van der Waals surface area contributed by atoms with Gasteiger partial charge >= 0.3 is 5.97 Å². The first-order valence-corrected chi connectivity index (χ1v) is 2.88. The highest BCUT2D eigenvalue weighted by Crippen LogP contribution is 1.81. The molecule has 0 aliphatic carbocycles. The number of amides is 1. The number of carbonyl (C=O) groups is 2. The van der Waals surface area contributed by atoms with Gasteiger partial charge in [-0.15, -0.1) is 0 Å². The molecule has 0 saturated carbocycles. The van der Waals surface area contributed by atoms with Gasteiger partial charge in [-0.1, -0.05) is 6.58 Å². The number of rotatable bonds is 4. The summed E-state index contributed by atoms with van der Waals surface area (Å²) in [5, 5.41) is 18.7. The van der Waals surface area contributed by atoms with Gasteiger partial charge < -0.3 is 15.5 Å². The van der Waals surface area contributed by atoms with Crippen LogP contribution < -0.4 is 5.32 Å². The third kappa shape index (κ3) is 3.36.